The van der Waals surface area contributed by atoms with Gasteiger partial charge in [-0.2, -0.15) is 5.26 Å². The second kappa shape index (κ2) is 6.91. The molecule has 0 radical (unpaired) electrons. The van der Waals surface area contributed by atoms with Crippen LogP contribution < -0.4 is 4.90 Å². The molecule has 0 amide bonds. The zero-order valence-corrected chi connectivity index (χ0v) is 13.6. The number of nitriles is 1. The summed E-state index contributed by atoms with van der Waals surface area (Å²) in [6.07, 6.45) is 1.16. The van der Waals surface area contributed by atoms with Crippen LogP contribution in [0.15, 0.2) is 29.6 Å². The summed E-state index contributed by atoms with van der Waals surface area (Å²) in [5.74, 6) is 0. The Hall–Kier alpha value is -1.90. The Morgan fingerprint density at radius 1 is 1.18 bits per heavy atom. The highest BCUT2D eigenvalue weighted by atomic mass is 32.1. The Morgan fingerprint density at radius 3 is 2.68 bits per heavy atom. The fraction of sp³-hybridized carbons (Fsp3) is 0.412. The Labute approximate surface area is 135 Å². The van der Waals surface area contributed by atoms with Gasteiger partial charge < -0.3 is 4.90 Å². The van der Waals surface area contributed by atoms with Gasteiger partial charge in [0.1, 0.15) is 0 Å². The zero-order valence-electron chi connectivity index (χ0n) is 12.8. The summed E-state index contributed by atoms with van der Waals surface area (Å²) in [4.78, 5) is 9.49. The molecule has 0 atom stereocenters. The first-order valence-corrected chi connectivity index (χ1v) is 8.51. The van der Waals surface area contributed by atoms with Crippen LogP contribution in [0.5, 0.6) is 0 Å². The fourth-order valence-electron chi connectivity index (χ4n) is 2.75. The van der Waals surface area contributed by atoms with E-state index in [1.165, 1.54) is 5.56 Å². The van der Waals surface area contributed by atoms with Gasteiger partial charge in [-0.25, -0.2) is 4.98 Å². The lowest BCUT2D eigenvalue weighted by Gasteiger charge is -2.21. The maximum atomic E-state index is 8.86. The number of hydrogen-bond donors (Lipinski definition) is 0. The standard InChI is InChI=1S/C17H20N4S/c1-14-13-22-17(19-14)21-8-2-7-20(9-10-21)12-16-5-3-15(11-18)4-6-16/h3-6,13H,2,7-10,12H2,1H3. The molecule has 1 aliphatic heterocycles. The van der Waals surface area contributed by atoms with Crippen molar-refractivity contribution in [1.29, 1.82) is 5.26 Å². The van der Waals surface area contributed by atoms with Gasteiger partial charge in [-0.05, 0) is 31.0 Å². The molecule has 1 fully saturated rings. The van der Waals surface area contributed by atoms with Gasteiger partial charge in [0.2, 0.25) is 0 Å². The summed E-state index contributed by atoms with van der Waals surface area (Å²) in [7, 11) is 0. The molecule has 1 aliphatic rings. The smallest absolute Gasteiger partial charge is 0.185 e. The van der Waals surface area contributed by atoms with Crippen LogP contribution in [-0.2, 0) is 6.54 Å². The van der Waals surface area contributed by atoms with Crippen molar-refractivity contribution < 1.29 is 0 Å². The number of aryl methyl sites for hydroxylation is 1. The maximum Gasteiger partial charge on any atom is 0.185 e. The molecular weight excluding hydrogens is 292 g/mol. The molecule has 1 saturated heterocycles. The maximum absolute atomic E-state index is 8.86. The van der Waals surface area contributed by atoms with Crippen molar-refractivity contribution in [1.82, 2.24) is 9.88 Å². The van der Waals surface area contributed by atoms with E-state index in [0.29, 0.717) is 0 Å². The quantitative estimate of drug-likeness (QED) is 0.874. The monoisotopic (exact) mass is 312 g/mol. The molecule has 22 heavy (non-hydrogen) atoms. The molecule has 4 nitrogen and oxygen atoms in total. The van der Waals surface area contributed by atoms with Crippen LogP contribution in [0.2, 0.25) is 0 Å². The first kappa shape index (κ1) is 15.0. The normalized spacial score (nSPS) is 16.3. The minimum atomic E-state index is 0.727. The molecule has 0 spiro atoms. The van der Waals surface area contributed by atoms with E-state index in [1.807, 2.05) is 12.1 Å². The van der Waals surface area contributed by atoms with Crippen LogP contribution in [-0.4, -0.2) is 36.1 Å². The number of rotatable bonds is 3. The van der Waals surface area contributed by atoms with E-state index in [9.17, 15) is 0 Å². The van der Waals surface area contributed by atoms with Gasteiger partial charge in [0, 0.05) is 38.1 Å². The summed E-state index contributed by atoms with van der Waals surface area (Å²) in [6.45, 7) is 7.28. The number of anilines is 1. The molecule has 0 bridgehead atoms. The number of hydrogen-bond acceptors (Lipinski definition) is 5. The first-order chi connectivity index (χ1) is 10.7. The molecule has 0 unspecified atom stereocenters. The van der Waals surface area contributed by atoms with Crippen LogP contribution >= 0.6 is 11.3 Å². The SMILES string of the molecule is Cc1csc(N2CCCN(Cc3ccc(C#N)cc3)CC2)n1. The second-order valence-electron chi connectivity index (χ2n) is 5.70. The van der Waals surface area contributed by atoms with E-state index >= 15 is 0 Å². The molecule has 2 heterocycles. The van der Waals surface area contributed by atoms with Crippen molar-refractivity contribution in [2.75, 3.05) is 31.1 Å². The summed E-state index contributed by atoms with van der Waals surface area (Å²) in [5, 5.41) is 12.1. The molecule has 0 N–H and O–H groups in total. The number of aromatic nitrogens is 1. The molecule has 0 aliphatic carbocycles. The van der Waals surface area contributed by atoms with Crippen LogP contribution in [0.4, 0.5) is 5.13 Å². The summed E-state index contributed by atoms with van der Waals surface area (Å²) in [5.41, 5.74) is 3.11. The first-order valence-electron chi connectivity index (χ1n) is 7.63. The van der Waals surface area contributed by atoms with E-state index in [0.717, 1.165) is 55.5 Å². The van der Waals surface area contributed by atoms with E-state index in [2.05, 4.69) is 45.3 Å². The fourth-order valence-corrected chi connectivity index (χ4v) is 3.61. The van der Waals surface area contributed by atoms with Gasteiger partial charge >= 0.3 is 0 Å². The molecule has 5 heteroatoms. The molecule has 2 aromatic rings. The Kier molecular flexibility index (Phi) is 4.71. The van der Waals surface area contributed by atoms with Crippen molar-refractivity contribution in [3.63, 3.8) is 0 Å². The third kappa shape index (κ3) is 3.65. The van der Waals surface area contributed by atoms with Gasteiger partial charge in [-0.1, -0.05) is 12.1 Å². The highest BCUT2D eigenvalue weighted by Crippen LogP contribution is 2.21. The second-order valence-corrected chi connectivity index (χ2v) is 6.53. The van der Waals surface area contributed by atoms with Crippen molar-refractivity contribution in [2.45, 2.75) is 19.9 Å². The minimum absolute atomic E-state index is 0.727. The average Bonchev–Trinajstić information content (AvgIpc) is 2.83. The summed E-state index contributed by atoms with van der Waals surface area (Å²) in [6, 6.07) is 10.1. The molecule has 1 aromatic heterocycles. The summed E-state index contributed by atoms with van der Waals surface area (Å²) >= 11 is 1.74. The number of nitrogens with zero attached hydrogens (tertiary/aromatic N) is 4. The van der Waals surface area contributed by atoms with E-state index < -0.39 is 0 Å². The van der Waals surface area contributed by atoms with Crippen LogP contribution in [0.1, 0.15) is 23.2 Å². The Morgan fingerprint density at radius 2 is 2.00 bits per heavy atom. The molecule has 1 aromatic carbocycles. The predicted molar refractivity (Wildman–Crippen MR) is 90.1 cm³/mol. The van der Waals surface area contributed by atoms with Gasteiger partial charge in [-0.15, -0.1) is 11.3 Å². The topological polar surface area (TPSA) is 43.2 Å². The van der Waals surface area contributed by atoms with Crippen molar-refractivity contribution >= 4 is 16.5 Å². The van der Waals surface area contributed by atoms with E-state index in [1.54, 1.807) is 11.3 Å². The molecule has 3 rings (SSSR count). The van der Waals surface area contributed by atoms with E-state index in [4.69, 9.17) is 5.26 Å². The molecule has 114 valence electrons. The van der Waals surface area contributed by atoms with Crippen LogP contribution in [0.3, 0.4) is 0 Å². The summed E-state index contributed by atoms with van der Waals surface area (Å²) < 4.78 is 0. The van der Waals surface area contributed by atoms with Crippen molar-refractivity contribution in [2.24, 2.45) is 0 Å². The van der Waals surface area contributed by atoms with Crippen molar-refractivity contribution in [3.8, 4) is 6.07 Å². The Balaban J connectivity index is 1.59. The minimum Gasteiger partial charge on any atom is -0.347 e. The van der Waals surface area contributed by atoms with Crippen LogP contribution in [0.25, 0.3) is 0 Å². The van der Waals surface area contributed by atoms with Gasteiger partial charge in [0.25, 0.3) is 0 Å². The number of thiazole rings is 1. The lowest BCUT2D eigenvalue weighted by Crippen LogP contribution is -2.30. The zero-order chi connectivity index (χ0) is 15.4. The molecule has 0 saturated carbocycles. The van der Waals surface area contributed by atoms with Crippen molar-refractivity contribution in [3.05, 3.63) is 46.5 Å². The molecular formula is C17H20N4S. The largest absolute Gasteiger partial charge is 0.347 e. The van der Waals surface area contributed by atoms with Gasteiger partial charge in [0.05, 0.1) is 17.3 Å². The van der Waals surface area contributed by atoms with Gasteiger partial charge in [-0.3, -0.25) is 4.90 Å². The lowest BCUT2D eigenvalue weighted by atomic mass is 10.1. The van der Waals surface area contributed by atoms with E-state index in [-0.39, 0.29) is 0 Å². The third-order valence-electron chi connectivity index (χ3n) is 3.96. The average molecular weight is 312 g/mol. The number of benzene rings is 1. The predicted octanol–water partition coefficient (Wildman–Crippen LogP) is 3.04. The third-order valence-corrected chi connectivity index (χ3v) is 4.97. The van der Waals surface area contributed by atoms with Crippen LogP contribution in [0, 0.1) is 18.3 Å². The Bertz CT molecular complexity index is 656. The van der Waals surface area contributed by atoms with Gasteiger partial charge in [0.15, 0.2) is 5.13 Å². The highest BCUT2D eigenvalue weighted by molar-refractivity contribution is 7.13. The highest BCUT2D eigenvalue weighted by Gasteiger charge is 2.17. The lowest BCUT2D eigenvalue weighted by molar-refractivity contribution is 0.285.